The summed E-state index contributed by atoms with van der Waals surface area (Å²) in [7, 11) is 0. The van der Waals surface area contributed by atoms with Gasteiger partial charge in [-0.05, 0) is 50.3 Å². The maximum atomic E-state index is 12.2. The van der Waals surface area contributed by atoms with E-state index in [2.05, 4.69) is 27.5 Å². The number of aryl methyl sites for hydroxylation is 1. The van der Waals surface area contributed by atoms with E-state index >= 15 is 0 Å². The SMILES string of the molecule is CC(=O)N1C[C@H](c2nc(Nc3cncc(C)c3)cc(-c3cncc4c3CCN4)n2)CC[C@@H]1C. The van der Waals surface area contributed by atoms with Crippen LogP contribution in [0.15, 0.2) is 36.9 Å². The molecule has 8 nitrogen and oxygen atoms in total. The third-order valence-corrected chi connectivity index (χ3v) is 6.57. The van der Waals surface area contributed by atoms with Crippen molar-refractivity contribution in [2.75, 3.05) is 23.7 Å². The molecular weight excluding hydrogens is 414 g/mol. The standard InChI is InChI=1S/C25H29N7O/c1-15-8-19(11-26-10-15)29-24-9-22(21-12-27-13-23-20(21)6-7-28-23)30-25(31-24)18-5-4-16(2)32(14-18)17(3)33/h8-13,16,18,28H,4-7,14H2,1-3H3,(H,29,30,31)/t16-,18+/m0/s1. The summed E-state index contributed by atoms with van der Waals surface area (Å²) in [6.07, 6.45) is 10.2. The van der Waals surface area contributed by atoms with Crippen molar-refractivity contribution < 1.29 is 4.79 Å². The van der Waals surface area contributed by atoms with Crippen molar-refractivity contribution in [2.45, 2.75) is 52.0 Å². The zero-order chi connectivity index (χ0) is 22.9. The van der Waals surface area contributed by atoms with E-state index in [9.17, 15) is 4.79 Å². The van der Waals surface area contributed by atoms with Crippen LogP contribution in [-0.4, -0.2) is 49.9 Å². The van der Waals surface area contributed by atoms with E-state index in [4.69, 9.17) is 9.97 Å². The first-order chi connectivity index (χ1) is 16.0. The summed E-state index contributed by atoms with van der Waals surface area (Å²) in [6, 6.07) is 4.26. The molecule has 0 radical (unpaired) electrons. The van der Waals surface area contributed by atoms with E-state index < -0.39 is 0 Å². The summed E-state index contributed by atoms with van der Waals surface area (Å²) in [5.41, 5.74) is 6.14. The number of carbonyl (C=O) groups excluding carboxylic acids is 1. The average Bonchev–Trinajstić information content (AvgIpc) is 3.28. The molecule has 0 aliphatic carbocycles. The van der Waals surface area contributed by atoms with Crippen molar-refractivity contribution in [2.24, 2.45) is 0 Å². The predicted octanol–water partition coefficient (Wildman–Crippen LogP) is 4.07. The van der Waals surface area contributed by atoms with Crippen LogP contribution in [0.3, 0.4) is 0 Å². The van der Waals surface area contributed by atoms with E-state index in [1.165, 1.54) is 5.56 Å². The van der Waals surface area contributed by atoms with Crippen LogP contribution in [0, 0.1) is 6.92 Å². The highest BCUT2D eigenvalue weighted by Crippen LogP contribution is 2.35. The van der Waals surface area contributed by atoms with E-state index in [0.717, 1.165) is 65.6 Å². The van der Waals surface area contributed by atoms with Crippen molar-refractivity contribution in [1.29, 1.82) is 0 Å². The largest absolute Gasteiger partial charge is 0.383 e. The number of likely N-dealkylation sites (tertiary alicyclic amines) is 1. The second kappa shape index (κ2) is 8.77. The molecule has 2 atom stereocenters. The Morgan fingerprint density at radius 1 is 1.12 bits per heavy atom. The molecule has 170 valence electrons. The zero-order valence-corrected chi connectivity index (χ0v) is 19.3. The van der Waals surface area contributed by atoms with Crippen LogP contribution < -0.4 is 10.6 Å². The van der Waals surface area contributed by atoms with Crippen LogP contribution in [0.25, 0.3) is 11.3 Å². The minimum absolute atomic E-state index is 0.0871. The Kier molecular flexibility index (Phi) is 5.66. The van der Waals surface area contributed by atoms with Gasteiger partial charge in [0.2, 0.25) is 5.91 Å². The quantitative estimate of drug-likeness (QED) is 0.627. The number of piperidine rings is 1. The summed E-state index contributed by atoms with van der Waals surface area (Å²) in [4.78, 5) is 32.8. The van der Waals surface area contributed by atoms with Crippen LogP contribution in [0.2, 0.25) is 0 Å². The highest BCUT2D eigenvalue weighted by Gasteiger charge is 2.30. The average molecular weight is 444 g/mol. The van der Waals surface area contributed by atoms with Gasteiger partial charge >= 0.3 is 0 Å². The van der Waals surface area contributed by atoms with Crippen molar-refractivity contribution in [3.05, 3.63) is 53.9 Å². The number of fused-ring (bicyclic) bond motifs is 1. The molecule has 2 N–H and O–H groups in total. The second-order valence-corrected chi connectivity index (χ2v) is 9.06. The Labute approximate surface area is 193 Å². The van der Waals surface area contributed by atoms with Crippen molar-refractivity contribution >= 4 is 23.1 Å². The summed E-state index contributed by atoms with van der Waals surface area (Å²) in [5, 5.41) is 6.81. The molecule has 1 saturated heterocycles. The smallest absolute Gasteiger partial charge is 0.219 e. The molecule has 5 rings (SSSR count). The van der Waals surface area contributed by atoms with Crippen LogP contribution in [0.1, 0.15) is 49.6 Å². The van der Waals surface area contributed by atoms with Gasteiger partial charge in [-0.25, -0.2) is 9.97 Å². The first kappa shape index (κ1) is 21.3. The Hall–Kier alpha value is -3.55. The molecule has 2 aliphatic heterocycles. The summed E-state index contributed by atoms with van der Waals surface area (Å²) in [5.74, 6) is 1.67. The lowest BCUT2D eigenvalue weighted by molar-refractivity contribution is -0.132. The zero-order valence-electron chi connectivity index (χ0n) is 19.3. The van der Waals surface area contributed by atoms with Gasteiger partial charge in [0, 0.05) is 56.0 Å². The van der Waals surface area contributed by atoms with Crippen LogP contribution >= 0.6 is 0 Å². The maximum Gasteiger partial charge on any atom is 0.219 e. The summed E-state index contributed by atoms with van der Waals surface area (Å²) >= 11 is 0. The number of rotatable bonds is 4. The van der Waals surface area contributed by atoms with E-state index in [0.29, 0.717) is 6.54 Å². The molecule has 1 amide bonds. The Balaban J connectivity index is 1.56. The molecular formula is C25H29N7O. The first-order valence-electron chi connectivity index (χ1n) is 11.5. The van der Waals surface area contributed by atoms with Gasteiger partial charge in [-0.1, -0.05) is 0 Å². The first-order valence-corrected chi connectivity index (χ1v) is 11.5. The minimum Gasteiger partial charge on any atom is -0.383 e. The van der Waals surface area contributed by atoms with Crippen molar-refractivity contribution in [3.8, 4) is 11.3 Å². The fourth-order valence-electron chi connectivity index (χ4n) is 4.83. The molecule has 1 fully saturated rings. The summed E-state index contributed by atoms with van der Waals surface area (Å²) in [6.45, 7) is 7.30. The van der Waals surface area contributed by atoms with Crippen LogP contribution in [-0.2, 0) is 11.2 Å². The number of anilines is 3. The van der Waals surface area contributed by atoms with E-state index in [1.807, 2.05) is 42.5 Å². The number of amides is 1. The molecule has 3 aromatic rings. The van der Waals surface area contributed by atoms with Crippen molar-refractivity contribution in [1.82, 2.24) is 24.8 Å². The number of hydrogen-bond acceptors (Lipinski definition) is 7. The van der Waals surface area contributed by atoms with Gasteiger partial charge in [0.1, 0.15) is 11.6 Å². The highest BCUT2D eigenvalue weighted by atomic mass is 16.2. The highest BCUT2D eigenvalue weighted by molar-refractivity contribution is 5.75. The third kappa shape index (κ3) is 4.37. The molecule has 0 spiro atoms. The number of hydrogen-bond donors (Lipinski definition) is 2. The monoisotopic (exact) mass is 443 g/mol. The molecule has 5 heterocycles. The lowest BCUT2D eigenvalue weighted by Gasteiger charge is -2.37. The van der Waals surface area contributed by atoms with Crippen LogP contribution in [0.5, 0.6) is 0 Å². The molecule has 8 heteroatoms. The fraction of sp³-hybridized carbons (Fsp3) is 0.400. The van der Waals surface area contributed by atoms with E-state index in [-0.39, 0.29) is 17.9 Å². The number of nitrogens with zero attached hydrogens (tertiary/aromatic N) is 5. The molecule has 2 aliphatic rings. The van der Waals surface area contributed by atoms with Gasteiger partial charge < -0.3 is 15.5 Å². The maximum absolute atomic E-state index is 12.2. The predicted molar refractivity (Wildman–Crippen MR) is 129 cm³/mol. The molecule has 0 saturated carbocycles. The Morgan fingerprint density at radius 2 is 1.97 bits per heavy atom. The normalized spacial score (nSPS) is 19.7. The molecule has 3 aromatic heterocycles. The lowest BCUT2D eigenvalue weighted by Crippen LogP contribution is -2.44. The molecule has 0 bridgehead atoms. The van der Waals surface area contributed by atoms with Gasteiger partial charge in [0.05, 0.1) is 29.5 Å². The van der Waals surface area contributed by atoms with Gasteiger partial charge in [-0.3, -0.25) is 14.8 Å². The van der Waals surface area contributed by atoms with E-state index in [1.54, 1.807) is 13.1 Å². The minimum atomic E-state index is 0.0871. The van der Waals surface area contributed by atoms with Gasteiger partial charge in [-0.2, -0.15) is 0 Å². The van der Waals surface area contributed by atoms with Gasteiger partial charge in [0.25, 0.3) is 0 Å². The topological polar surface area (TPSA) is 95.9 Å². The third-order valence-electron chi connectivity index (χ3n) is 6.57. The second-order valence-electron chi connectivity index (χ2n) is 9.06. The van der Waals surface area contributed by atoms with Gasteiger partial charge in [0.15, 0.2) is 0 Å². The molecule has 0 unspecified atom stereocenters. The van der Waals surface area contributed by atoms with Crippen molar-refractivity contribution in [3.63, 3.8) is 0 Å². The molecule has 33 heavy (non-hydrogen) atoms. The summed E-state index contributed by atoms with van der Waals surface area (Å²) < 4.78 is 0. The number of carbonyl (C=O) groups is 1. The number of pyridine rings is 2. The van der Waals surface area contributed by atoms with Gasteiger partial charge in [-0.15, -0.1) is 0 Å². The fourth-order valence-corrected chi connectivity index (χ4v) is 4.83. The lowest BCUT2D eigenvalue weighted by atomic mass is 9.92. The molecule has 0 aromatic carbocycles. The Bertz CT molecular complexity index is 1200. The number of aromatic nitrogens is 4. The van der Waals surface area contributed by atoms with Crippen LogP contribution in [0.4, 0.5) is 17.2 Å². The number of nitrogens with one attached hydrogen (secondary N) is 2. The Morgan fingerprint density at radius 3 is 2.79 bits per heavy atom.